The van der Waals surface area contributed by atoms with Gasteiger partial charge in [-0.1, -0.05) is 42.5 Å². The lowest BCUT2D eigenvalue weighted by atomic mass is 10.0. The van der Waals surface area contributed by atoms with Crippen LogP contribution in [0, 0.1) is 6.92 Å². The van der Waals surface area contributed by atoms with Gasteiger partial charge >= 0.3 is 12.0 Å². The summed E-state index contributed by atoms with van der Waals surface area (Å²) in [6, 6.07) is 20.9. The number of benzene rings is 3. The third-order valence-electron chi connectivity index (χ3n) is 5.97. The second-order valence-corrected chi connectivity index (χ2v) is 9.01. The Hall–Kier alpha value is -4.66. The molecular formula is C29H32N4O5. The fraction of sp³-hybridized carbons (Fsp3) is 0.241. The number of rotatable bonds is 10. The number of carbonyl (C=O) groups is 4. The van der Waals surface area contributed by atoms with Crippen LogP contribution >= 0.6 is 0 Å². The molecule has 0 saturated heterocycles. The normalized spacial score (nSPS) is 11.2. The zero-order valence-electron chi connectivity index (χ0n) is 21.7. The smallest absolute Gasteiger partial charge is 0.326 e. The lowest BCUT2D eigenvalue weighted by Gasteiger charge is -2.20. The number of carboxylic acids is 1. The number of nitrogens with one attached hydrogen (secondary N) is 3. The molecular weight excluding hydrogens is 484 g/mol. The fourth-order valence-electron chi connectivity index (χ4n) is 3.99. The standard InChI is InChI=1S/C29H32N4O5/c1-19-6-4-5-7-26(19)33(3)29(38)32-24-12-8-21(9-13-24)18-27(35)31-23-14-10-22(11-15-23)25(30-20(2)34)16-17-28(36)37/h4-15,25H,16-18H2,1-3H3,(H,30,34)(H,31,35)(H,32,38)(H,36,37). The van der Waals surface area contributed by atoms with Gasteiger partial charge in [-0.2, -0.15) is 0 Å². The van der Waals surface area contributed by atoms with E-state index < -0.39 is 12.0 Å². The molecule has 0 aliphatic heterocycles. The summed E-state index contributed by atoms with van der Waals surface area (Å²) in [5, 5.41) is 17.4. The predicted molar refractivity (Wildman–Crippen MR) is 147 cm³/mol. The fourth-order valence-corrected chi connectivity index (χ4v) is 3.99. The van der Waals surface area contributed by atoms with Crippen molar-refractivity contribution in [2.75, 3.05) is 22.6 Å². The molecule has 0 heterocycles. The molecule has 198 valence electrons. The van der Waals surface area contributed by atoms with Crippen molar-refractivity contribution in [1.82, 2.24) is 5.32 Å². The molecule has 0 saturated carbocycles. The van der Waals surface area contributed by atoms with E-state index >= 15 is 0 Å². The molecule has 38 heavy (non-hydrogen) atoms. The first-order chi connectivity index (χ1) is 18.1. The van der Waals surface area contributed by atoms with Crippen LogP contribution in [0.1, 0.15) is 42.5 Å². The summed E-state index contributed by atoms with van der Waals surface area (Å²) in [5.74, 6) is -1.39. The third kappa shape index (κ3) is 8.19. The number of para-hydroxylation sites is 1. The summed E-state index contributed by atoms with van der Waals surface area (Å²) in [4.78, 5) is 49.1. The molecule has 4 amide bonds. The number of hydrogen-bond acceptors (Lipinski definition) is 4. The van der Waals surface area contributed by atoms with Gasteiger partial charge in [-0.25, -0.2) is 4.79 Å². The molecule has 1 unspecified atom stereocenters. The van der Waals surface area contributed by atoms with Crippen LogP contribution in [0.15, 0.2) is 72.8 Å². The van der Waals surface area contributed by atoms with Crippen molar-refractivity contribution in [3.05, 3.63) is 89.5 Å². The molecule has 0 radical (unpaired) electrons. The molecule has 3 aromatic rings. The Bertz CT molecular complexity index is 1290. The van der Waals surface area contributed by atoms with Gasteiger partial charge in [0.25, 0.3) is 0 Å². The Kier molecular flexibility index (Phi) is 9.59. The highest BCUT2D eigenvalue weighted by Crippen LogP contribution is 2.22. The topological polar surface area (TPSA) is 128 Å². The third-order valence-corrected chi connectivity index (χ3v) is 5.97. The van der Waals surface area contributed by atoms with Gasteiger partial charge in [0.2, 0.25) is 11.8 Å². The summed E-state index contributed by atoms with van der Waals surface area (Å²) >= 11 is 0. The van der Waals surface area contributed by atoms with E-state index in [-0.39, 0.29) is 37.1 Å². The summed E-state index contributed by atoms with van der Waals surface area (Å²) < 4.78 is 0. The largest absolute Gasteiger partial charge is 0.481 e. The van der Waals surface area contributed by atoms with E-state index in [4.69, 9.17) is 5.11 Å². The van der Waals surface area contributed by atoms with Gasteiger partial charge in [-0.15, -0.1) is 0 Å². The van der Waals surface area contributed by atoms with Crippen molar-refractivity contribution >= 4 is 40.9 Å². The number of aliphatic carboxylic acids is 1. The van der Waals surface area contributed by atoms with Crippen LogP contribution in [0.25, 0.3) is 0 Å². The molecule has 0 spiro atoms. The van der Waals surface area contributed by atoms with Crippen LogP contribution in [0.2, 0.25) is 0 Å². The van der Waals surface area contributed by atoms with E-state index in [9.17, 15) is 19.2 Å². The number of carbonyl (C=O) groups excluding carboxylic acids is 3. The number of aryl methyl sites for hydroxylation is 1. The summed E-state index contributed by atoms with van der Waals surface area (Å²) in [5.41, 5.74) is 4.55. The van der Waals surface area contributed by atoms with Crippen molar-refractivity contribution in [2.24, 2.45) is 0 Å². The second-order valence-electron chi connectivity index (χ2n) is 9.01. The number of amides is 4. The maximum absolute atomic E-state index is 12.6. The van der Waals surface area contributed by atoms with Crippen LogP contribution in [0.5, 0.6) is 0 Å². The average Bonchev–Trinajstić information content (AvgIpc) is 2.87. The first kappa shape index (κ1) is 27.9. The molecule has 0 aliphatic carbocycles. The summed E-state index contributed by atoms with van der Waals surface area (Å²) in [6.07, 6.45) is 0.334. The monoisotopic (exact) mass is 516 g/mol. The van der Waals surface area contributed by atoms with Crippen molar-refractivity contribution in [2.45, 2.75) is 39.2 Å². The Morgan fingerprint density at radius 3 is 2.08 bits per heavy atom. The van der Waals surface area contributed by atoms with Crippen molar-refractivity contribution < 1.29 is 24.3 Å². The van der Waals surface area contributed by atoms with Gasteiger partial charge in [-0.05, 0) is 60.4 Å². The van der Waals surface area contributed by atoms with Crippen LogP contribution < -0.4 is 20.9 Å². The minimum absolute atomic E-state index is 0.0741. The van der Waals surface area contributed by atoms with Gasteiger partial charge < -0.3 is 21.1 Å². The molecule has 1 atom stereocenters. The number of urea groups is 1. The van der Waals surface area contributed by atoms with Gasteiger partial charge in [0.1, 0.15) is 0 Å². The Morgan fingerprint density at radius 1 is 0.868 bits per heavy atom. The summed E-state index contributed by atoms with van der Waals surface area (Å²) in [7, 11) is 1.71. The second kappa shape index (κ2) is 13.0. The van der Waals surface area contributed by atoms with Gasteiger partial charge in [0.15, 0.2) is 0 Å². The van der Waals surface area contributed by atoms with Gasteiger partial charge in [-0.3, -0.25) is 19.3 Å². The maximum Gasteiger partial charge on any atom is 0.326 e. The average molecular weight is 517 g/mol. The minimum Gasteiger partial charge on any atom is -0.481 e. The number of nitrogens with zero attached hydrogens (tertiary/aromatic N) is 1. The van der Waals surface area contributed by atoms with E-state index in [1.54, 1.807) is 60.5 Å². The maximum atomic E-state index is 12.6. The molecule has 9 heteroatoms. The van der Waals surface area contributed by atoms with Crippen LogP contribution in [0.4, 0.5) is 21.9 Å². The molecule has 3 rings (SSSR count). The molecule has 0 aliphatic rings. The Balaban J connectivity index is 1.54. The molecule has 0 aromatic heterocycles. The zero-order chi connectivity index (χ0) is 27.7. The number of hydrogen-bond donors (Lipinski definition) is 4. The highest BCUT2D eigenvalue weighted by Gasteiger charge is 2.15. The first-order valence-corrected chi connectivity index (χ1v) is 12.2. The first-order valence-electron chi connectivity index (χ1n) is 12.2. The summed E-state index contributed by atoms with van der Waals surface area (Å²) in [6.45, 7) is 3.32. The molecule has 0 fully saturated rings. The zero-order valence-corrected chi connectivity index (χ0v) is 21.7. The minimum atomic E-state index is -0.936. The quantitative estimate of drug-likeness (QED) is 0.305. The number of carboxylic acid groups (broad SMARTS) is 1. The lowest BCUT2D eigenvalue weighted by Crippen LogP contribution is -2.31. The highest BCUT2D eigenvalue weighted by atomic mass is 16.4. The van der Waals surface area contributed by atoms with E-state index in [0.717, 1.165) is 22.4 Å². The van der Waals surface area contributed by atoms with Gasteiger partial charge in [0.05, 0.1) is 12.5 Å². The molecule has 4 N–H and O–H groups in total. The Labute approximate surface area is 221 Å². The van der Waals surface area contributed by atoms with Crippen LogP contribution in [-0.4, -0.2) is 36.0 Å². The van der Waals surface area contributed by atoms with Crippen LogP contribution in [-0.2, 0) is 20.8 Å². The number of anilines is 3. The van der Waals surface area contributed by atoms with E-state index in [2.05, 4.69) is 16.0 Å². The Morgan fingerprint density at radius 2 is 1.47 bits per heavy atom. The van der Waals surface area contributed by atoms with E-state index in [1.165, 1.54) is 6.92 Å². The molecule has 3 aromatic carbocycles. The predicted octanol–water partition coefficient (Wildman–Crippen LogP) is 4.89. The SMILES string of the molecule is CC(=O)NC(CCC(=O)O)c1ccc(NC(=O)Cc2ccc(NC(=O)N(C)c3ccccc3C)cc2)cc1. The molecule has 9 nitrogen and oxygen atoms in total. The van der Waals surface area contributed by atoms with Crippen molar-refractivity contribution in [1.29, 1.82) is 0 Å². The lowest BCUT2D eigenvalue weighted by molar-refractivity contribution is -0.137. The van der Waals surface area contributed by atoms with Gasteiger partial charge in [0, 0.05) is 37.5 Å². The van der Waals surface area contributed by atoms with Crippen molar-refractivity contribution in [3.63, 3.8) is 0 Å². The molecule has 0 bridgehead atoms. The van der Waals surface area contributed by atoms with E-state index in [1.807, 2.05) is 31.2 Å². The highest BCUT2D eigenvalue weighted by molar-refractivity contribution is 6.01. The van der Waals surface area contributed by atoms with Crippen molar-refractivity contribution in [3.8, 4) is 0 Å². The van der Waals surface area contributed by atoms with Crippen LogP contribution in [0.3, 0.4) is 0 Å². The van der Waals surface area contributed by atoms with E-state index in [0.29, 0.717) is 11.4 Å².